The van der Waals surface area contributed by atoms with Crippen LogP contribution >= 0.6 is 11.3 Å². The van der Waals surface area contributed by atoms with Gasteiger partial charge in [0.1, 0.15) is 5.82 Å². The van der Waals surface area contributed by atoms with Crippen molar-refractivity contribution < 1.29 is 4.79 Å². The Morgan fingerprint density at radius 2 is 2.26 bits per heavy atom. The summed E-state index contributed by atoms with van der Waals surface area (Å²) in [5, 5.41) is 5.89. The summed E-state index contributed by atoms with van der Waals surface area (Å²) >= 11 is 1.55. The van der Waals surface area contributed by atoms with Crippen molar-refractivity contribution in [3.63, 3.8) is 0 Å². The van der Waals surface area contributed by atoms with E-state index in [1.54, 1.807) is 23.0 Å². The molecule has 1 atom stereocenters. The molecule has 2 N–H and O–H groups in total. The van der Waals surface area contributed by atoms with E-state index in [4.69, 9.17) is 0 Å². The van der Waals surface area contributed by atoms with Gasteiger partial charge in [-0.1, -0.05) is 13.3 Å². The predicted molar refractivity (Wildman–Crippen MR) is 92.6 cm³/mol. The van der Waals surface area contributed by atoms with Gasteiger partial charge in [0.15, 0.2) is 0 Å². The second-order valence-corrected chi connectivity index (χ2v) is 6.26. The minimum absolute atomic E-state index is 0.105. The summed E-state index contributed by atoms with van der Waals surface area (Å²) in [6.45, 7) is 2.09. The molecule has 23 heavy (non-hydrogen) atoms. The van der Waals surface area contributed by atoms with Gasteiger partial charge in [-0.05, 0) is 24.6 Å². The van der Waals surface area contributed by atoms with E-state index in [1.807, 2.05) is 36.0 Å². The van der Waals surface area contributed by atoms with Crippen molar-refractivity contribution in [2.45, 2.75) is 25.8 Å². The molecule has 0 aliphatic heterocycles. The minimum Gasteiger partial charge on any atom is -0.336 e. The smallest absolute Gasteiger partial charge is 0.319 e. The van der Waals surface area contributed by atoms with Gasteiger partial charge in [0.2, 0.25) is 0 Å². The van der Waals surface area contributed by atoms with Crippen molar-refractivity contribution in [1.82, 2.24) is 19.9 Å². The van der Waals surface area contributed by atoms with Crippen molar-refractivity contribution in [1.29, 1.82) is 0 Å². The molecule has 3 aromatic rings. The van der Waals surface area contributed by atoms with Gasteiger partial charge < -0.3 is 15.2 Å². The van der Waals surface area contributed by atoms with E-state index in [0.717, 1.165) is 34.6 Å². The number of carbonyl (C=O) groups excluding carboxylic acids is 1. The number of aromatic nitrogens is 3. The van der Waals surface area contributed by atoms with E-state index in [9.17, 15) is 4.79 Å². The normalized spacial score (nSPS) is 12.3. The summed E-state index contributed by atoms with van der Waals surface area (Å²) in [6.07, 6.45) is 5.43. The lowest BCUT2D eigenvalue weighted by molar-refractivity contribution is 0.247. The van der Waals surface area contributed by atoms with Crippen molar-refractivity contribution >= 4 is 33.3 Å². The van der Waals surface area contributed by atoms with Gasteiger partial charge in [0, 0.05) is 25.1 Å². The van der Waals surface area contributed by atoms with Crippen LogP contribution in [-0.4, -0.2) is 20.6 Å². The maximum Gasteiger partial charge on any atom is 0.319 e. The van der Waals surface area contributed by atoms with Crippen LogP contribution in [0.2, 0.25) is 0 Å². The standard InChI is InChI=1S/C16H19N5OS/c1-3-4-13(15-17-7-8-21(15)2)20-16(22)19-11-5-6-12-14(9-11)23-10-18-12/h5-10,13H,3-4H2,1-2H3,(H2,19,20,22)/t13-/m1/s1. The molecular weight excluding hydrogens is 310 g/mol. The van der Waals surface area contributed by atoms with E-state index in [1.165, 1.54) is 0 Å². The minimum atomic E-state index is -0.227. The van der Waals surface area contributed by atoms with Crippen LogP contribution < -0.4 is 10.6 Å². The first-order valence-corrected chi connectivity index (χ1v) is 8.43. The number of thiazole rings is 1. The maximum absolute atomic E-state index is 12.3. The number of nitrogens with one attached hydrogen (secondary N) is 2. The van der Waals surface area contributed by atoms with Gasteiger partial charge in [-0.15, -0.1) is 11.3 Å². The molecule has 0 saturated heterocycles. The fraction of sp³-hybridized carbons (Fsp3) is 0.312. The molecule has 0 aliphatic rings. The third kappa shape index (κ3) is 3.50. The van der Waals surface area contributed by atoms with Crippen LogP contribution in [0.15, 0.2) is 36.1 Å². The summed E-state index contributed by atoms with van der Waals surface area (Å²) in [7, 11) is 1.93. The Labute approximate surface area is 138 Å². The third-order valence-electron chi connectivity index (χ3n) is 3.64. The number of rotatable bonds is 5. The molecule has 7 heteroatoms. The van der Waals surface area contributed by atoms with Gasteiger partial charge in [0.05, 0.1) is 21.8 Å². The van der Waals surface area contributed by atoms with Crippen LogP contribution in [0, 0.1) is 0 Å². The Kier molecular flexibility index (Phi) is 4.57. The molecule has 0 radical (unpaired) electrons. The Bertz CT molecular complexity index is 810. The average molecular weight is 329 g/mol. The summed E-state index contributed by atoms with van der Waals surface area (Å²) in [5.41, 5.74) is 3.50. The zero-order valence-corrected chi connectivity index (χ0v) is 13.9. The fourth-order valence-electron chi connectivity index (χ4n) is 2.53. The molecular formula is C16H19N5OS. The summed E-state index contributed by atoms with van der Waals surface area (Å²) in [6, 6.07) is 5.37. The molecule has 2 amide bonds. The van der Waals surface area contributed by atoms with Gasteiger partial charge in [-0.25, -0.2) is 14.8 Å². The van der Waals surface area contributed by atoms with Crippen molar-refractivity contribution in [3.8, 4) is 0 Å². The molecule has 0 saturated carbocycles. The lowest BCUT2D eigenvalue weighted by Crippen LogP contribution is -2.33. The highest BCUT2D eigenvalue weighted by Gasteiger charge is 2.17. The molecule has 0 fully saturated rings. The van der Waals surface area contributed by atoms with Crippen LogP contribution in [-0.2, 0) is 7.05 Å². The number of nitrogens with zero attached hydrogens (tertiary/aromatic N) is 3. The molecule has 120 valence electrons. The maximum atomic E-state index is 12.3. The van der Waals surface area contributed by atoms with Crippen LogP contribution in [0.4, 0.5) is 10.5 Å². The topological polar surface area (TPSA) is 71.8 Å². The molecule has 1 aromatic carbocycles. The number of anilines is 1. The van der Waals surface area contributed by atoms with E-state index < -0.39 is 0 Å². The van der Waals surface area contributed by atoms with Crippen LogP contribution in [0.5, 0.6) is 0 Å². The summed E-state index contributed by atoms with van der Waals surface area (Å²) in [5.74, 6) is 0.861. The molecule has 0 unspecified atom stereocenters. The van der Waals surface area contributed by atoms with E-state index in [2.05, 4.69) is 27.5 Å². The largest absolute Gasteiger partial charge is 0.336 e. The van der Waals surface area contributed by atoms with E-state index in [-0.39, 0.29) is 12.1 Å². The number of urea groups is 1. The van der Waals surface area contributed by atoms with Crippen LogP contribution in [0.3, 0.4) is 0 Å². The van der Waals surface area contributed by atoms with Crippen molar-refractivity contribution in [2.24, 2.45) is 7.05 Å². The number of carbonyl (C=O) groups is 1. The van der Waals surface area contributed by atoms with Gasteiger partial charge >= 0.3 is 6.03 Å². The Morgan fingerprint density at radius 3 is 3.00 bits per heavy atom. The second-order valence-electron chi connectivity index (χ2n) is 5.37. The number of fused-ring (bicyclic) bond motifs is 1. The van der Waals surface area contributed by atoms with Crippen LogP contribution in [0.1, 0.15) is 31.6 Å². The van der Waals surface area contributed by atoms with Gasteiger partial charge in [-0.2, -0.15) is 0 Å². The molecule has 6 nitrogen and oxygen atoms in total. The van der Waals surface area contributed by atoms with Crippen molar-refractivity contribution in [2.75, 3.05) is 5.32 Å². The number of benzene rings is 1. The molecule has 3 rings (SSSR count). The highest BCUT2D eigenvalue weighted by molar-refractivity contribution is 7.16. The number of hydrogen-bond donors (Lipinski definition) is 2. The monoisotopic (exact) mass is 329 g/mol. The predicted octanol–water partition coefficient (Wildman–Crippen LogP) is 3.69. The first-order chi connectivity index (χ1) is 11.2. The lowest BCUT2D eigenvalue weighted by Gasteiger charge is -2.18. The first-order valence-electron chi connectivity index (χ1n) is 7.55. The number of aryl methyl sites for hydroxylation is 1. The first kappa shape index (κ1) is 15.5. The Balaban J connectivity index is 1.70. The Morgan fingerprint density at radius 1 is 1.39 bits per heavy atom. The third-order valence-corrected chi connectivity index (χ3v) is 4.43. The molecule has 2 aromatic heterocycles. The average Bonchev–Trinajstić information content (AvgIpc) is 3.14. The van der Waals surface area contributed by atoms with Crippen LogP contribution in [0.25, 0.3) is 10.2 Å². The highest BCUT2D eigenvalue weighted by Crippen LogP contribution is 2.22. The zero-order valence-electron chi connectivity index (χ0n) is 13.1. The van der Waals surface area contributed by atoms with Crippen molar-refractivity contribution in [3.05, 3.63) is 41.9 Å². The quantitative estimate of drug-likeness (QED) is 0.750. The number of hydrogen-bond acceptors (Lipinski definition) is 4. The molecule has 0 bridgehead atoms. The number of amides is 2. The highest BCUT2D eigenvalue weighted by atomic mass is 32.1. The second kappa shape index (κ2) is 6.78. The zero-order chi connectivity index (χ0) is 16.2. The van der Waals surface area contributed by atoms with Gasteiger partial charge in [-0.3, -0.25) is 0 Å². The van der Waals surface area contributed by atoms with E-state index in [0.29, 0.717) is 0 Å². The molecule has 0 aliphatic carbocycles. The lowest BCUT2D eigenvalue weighted by atomic mass is 10.1. The Hall–Kier alpha value is -2.41. The summed E-state index contributed by atoms with van der Waals surface area (Å²) in [4.78, 5) is 20.9. The van der Waals surface area contributed by atoms with Gasteiger partial charge in [0.25, 0.3) is 0 Å². The number of imidazole rings is 1. The summed E-state index contributed by atoms with van der Waals surface area (Å²) < 4.78 is 2.99. The fourth-order valence-corrected chi connectivity index (χ4v) is 3.24. The SMILES string of the molecule is CCC[C@@H](NC(=O)Nc1ccc2ncsc2c1)c1nccn1C. The molecule has 2 heterocycles. The van der Waals surface area contributed by atoms with E-state index >= 15 is 0 Å². The molecule has 0 spiro atoms.